The molecular formula is C58H107N6O19P. The van der Waals surface area contributed by atoms with E-state index in [1.807, 2.05) is 0 Å². The number of carbonyl (C=O) groups excluding carboxylic acids is 8. The van der Waals surface area contributed by atoms with E-state index < -0.39 is 150 Å². The van der Waals surface area contributed by atoms with Crippen LogP contribution in [0.4, 0.5) is 0 Å². The van der Waals surface area contributed by atoms with E-state index in [1.165, 1.54) is 123 Å². The molecule has 1 saturated heterocycles. The van der Waals surface area contributed by atoms with Crippen LogP contribution in [-0.4, -0.2) is 162 Å². The monoisotopic (exact) mass is 1220 g/mol. The zero-order valence-electron chi connectivity index (χ0n) is 51.1. The van der Waals surface area contributed by atoms with Gasteiger partial charge in [0.25, 0.3) is 0 Å². The molecule has 11 N–H and O–H groups in total. The van der Waals surface area contributed by atoms with Crippen LogP contribution in [0.15, 0.2) is 0 Å². The molecule has 84 heavy (non-hydrogen) atoms. The van der Waals surface area contributed by atoms with Gasteiger partial charge in [0.15, 0.2) is 12.4 Å². The van der Waals surface area contributed by atoms with Crippen molar-refractivity contribution in [3.63, 3.8) is 0 Å². The molecule has 0 aliphatic carbocycles. The van der Waals surface area contributed by atoms with Gasteiger partial charge in [0.2, 0.25) is 35.4 Å². The summed E-state index contributed by atoms with van der Waals surface area (Å²) in [7, 11) is -4.80. The van der Waals surface area contributed by atoms with E-state index in [1.54, 1.807) is 0 Å². The number of aliphatic hydroxyl groups is 3. The van der Waals surface area contributed by atoms with Crippen molar-refractivity contribution in [3.05, 3.63) is 0 Å². The van der Waals surface area contributed by atoms with E-state index >= 15 is 0 Å². The summed E-state index contributed by atoms with van der Waals surface area (Å²) in [6, 6.07) is -5.15. The molecule has 1 aliphatic heterocycles. The molecule has 0 spiro atoms. The number of amides is 6. The number of aliphatic hydroxyl groups excluding tert-OH is 3. The van der Waals surface area contributed by atoms with Crippen LogP contribution in [-0.2, 0) is 70.9 Å². The van der Waals surface area contributed by atoms with E-state index in [0.717, 1.165) is 51.9 Å². The fraction of sp³-hybridized carbons (Fsp3) is 0.862. The lowest BCUT2D eigenvalue weighted by atomic mass is 9.96. The molecule has 1 rings (SSSR count). The fourth-order valence-electron chi connectivity index (χ4n) is 9.33. The molecule has 6 amide bonds. The number of unbranched alkanes of at least 4 members (excludes halogenated alkanes) is 24. The van der Waals surface area contributed by atoms with Crippen molar-refractivity contribution in [2.24, 2.45) is 5.73 Å². The lowest BCUT2D eigenvalue weighted by Crippen LogP contribution is -2.65. The van der Waals surface area contributed by atoms with E-state index in [0.29, 0.717) is 12.8 Å². The first-order chi connectivity index (χ1) is 40.1. The molecule has 1 fully saturated rings. The third-order valence-corrected chi connectivity index (χ3v) is 15.3. The molecule has 3 unspecified atom stereocenters. The minimum Gasteiger partial charge on any atom is -0.462 e. The molecule has 25 nitrogen and oxygen atoms in total. The number of primary amides is 1. The molecule has 10 atom stereocenters. The number of carbonyl (C=O) groups is 8. The van der Waals surface area contributed by atoms with E-state index in [9.17, 15) is 63.1 Å². The summed E-state index contributed by atoms with van der Waals surface area (Å²) in [6.45, 7) is 4.84. The second-order valence-electron chi connectivity index (χ2n) is 22.0. The van der Waals surface area contributed by atoms with Gasteiger partial charge in [0, 0.05) is 32.7 Å². The van der Waals surface area contributed by atoms with Gasteiger partial charge < -0.3 is 71.5 Å². The number of phosphoric acid groups is 1. The van der Waals surface area contributed by atoms with Gasteiger partial charge in [-0.15, -0.1) is 0 Å². The Kier molecular flexibility index (Phi) is 44.2. The first kappa shape index (κ1) is 77.7. The quantitative estimate of drug-likeness (QED) is 0.0208. The second-order valence-corrected chi connectivity index (χ2v) is 23.4. The van der Waals surface area contributed by atoms with E-state index in [2.05, 4.69) is 40.4 Å². The molecule has 0 aromatic carbocycles. The summed E-state index contributed by atoms with van der Waals surface area (Å²) < 4.78 is 44.6. The number of esters is 2. The van der Waals surface area contributed by atoms with Gasteiger partial charge in [0.1, 0.15) is 55.7 Å². The van der Waals surface area contributed by atoms with Crippen molar-refractivity contribution in [1.82, 2.24) is 26.6 Å². The molecule has 488 valence electrons. The number of phosphoric ester groups is 1. The summed E-state index contributed by atoms with van der Waals surface area (Å²) in [4.78, 5) is 111. The predicted octanol–water partition coefficient (Wildman–Crippen LogP) is 5.37. The van der Waals surface area contributed by atoms with Crippen molar-refractivity contribution in [1.29, 1.82) is 0 Å². The largest absolute Gasteiger partial charge is 0.472 e. The molecule has 0 radical (unpaired) electrons. The Balaban J connectivity index is 2.59. The zero-order chi connectivity index (χ0) is 62.5. The van der Waals surface area contributed by atoms with Gasteiger partial charge in [-0.2, -0.15) is 0 Å². The molecule has 0 saturated carbocycles. The summed E-state index contributed by atoms with van der Waals surface area (Å²) in [5.74, 6) is -5.88. The van der Waals surface area contributed by atoms with Gasteiger partial charge in [0.05, 0.1) is 19.8 Å². The Morgan fingerprint density at radius 3 is 1.58 bits per heavy atom. The van der Waals surface area contributed by atoms with Gasteiger partial charge in [-0.1, -0.05) is 168 Å². The first-order valence-electron chi connectivity index (χ1n) is 31.1. The highest BCUT2D eigenvalue weighted by molar-refractivity contribution is 7.47. The van der Waals surface area contributed by atoms with Crippen LogP contribution in [0, 0.1) is 0 Å². The Morgan fingerprint density at radius 2 is 1.10 bits per heavy atom. The van der Waals surface area contributed by atoms with Crippen molar-refractivity contribution in [2.45, 2.75) is 282 Å². The summed E-state index contributed by atoms with van der Waals surface area (Å²) >= 11 is 0. The van der Waals surface area contributed by atoms with Crippen molar-refractivity contribution < 1.29 is 91.1 Å². The van der Waals surface area contributed by atoms with Crippen LogP contribution in [0.3, 0.4) is 0 Å². The molecular weight excluding hydrogens is 1120 g/mol. The molecule has 0 aromatic rings. The van der Waals surface area contributed by atoms with E-state index in [4.69, 9.17) is 33.7 Å². The third-order valence-electron chi connectivity index (χ3n) is 14.3. The Bertz CT molecular complexity index is 1920. The topological polar surface area (TPSA) is 376 Å². The normalized spacial score (nSPS) is 18.9. The summed E-state index contributed by atoms with van der Waals surface area (Å²) in [5, 5.41) is 42.2. The number of ether oxygens (including phenoxy) is 4. The Hall–Kier alpha value is -4.33. The standard InChI is InChI=1S/C58H107N6O19P/c1-6-8-10-12-14-16-18-20-22-24-26-28-30-32-50(69)78-39-45(82-51(70)33-31-29-27-25-23-21-19-17-15-13-11-9-7-2)40-81-84(76,77)80-37-36-60-56(73)42(3)61-48(67)35-34-46(55(59)72)64-57(74)43(4)62-49(68)41-79-54-52(63-44(5)66)58(75)83-47(38-65)53(54)71/h42-43,45-47,52-54,58,65,71,75H,6-41H2,1-5H3,(H2,59,72)(H,60,73)(H,61,67)(H,62,68)(H,63,66)(H,64,74)(H,76,77)/t42-,43-,45?,46+,47+,52+,53+,54+,58?/m0/s1. The Labute approximate surface area is 498 Å². The van der Waals surface area contributed by atoms with Crippen molar-refractivity contribution in [3.8, 4) is 0 Å². The van der Waals surface area contributed by atoms with Crippen LogP contribution in [0.5, 0.6) is 0 Å². The number of nitrogens with one attached hydrogen (secondary N) is 5. The van der Waals surface area contributed by atoms with Crippen LogP contribution in [0.2, 0.25) is 0 Å². The highest BCUT2D eigenvalue weighted by Crippen LogP contribution is 2.43. The average Bonchev–Trinajstić information content (AvgIpc) is 2.56. The number of hydrogen-bond acceptors (Lipinski definition) is 18. The van der Waals surface area contributed by atoms with Crippen LogP contribution >= 0.6 is 7.82 Å². The first-order valence-corrected chi connectivity index (χ1v) is 32.6. The van der Waals surface area contributed by atoms with Gasteiger partial charge in [-0.05, 0) is 33.1 Å². The highest BCUT2D eigenvalue weighted by Gasteiger charge is 2.46. The maximum Gasteiger partial charge on any atom is 0.472 e. The minimum atomic E-state index is -4.80. The fourth-order valence-corrected chi connectivity index (χ4v) is 10.1. The molecule has 1 aliphatic rings. The van der Waals surface area contributed by atoms with Gasteiger partial charge in [-0.3, -0.25) is 47.4 Å². The SMILES string of the molecule is CCCCCCCCCCCCCCCC(=O)OCC(COP(=O)(O)OCCNC(=O)[C@H](C)NC(=O)CC[C@@H](NC(=O)[C@H](C)NC(=O)CO[C@H]1[C@H](O)[C@@H](CO)OC(O)[C@@H]1NC(C)=O)C(N)=O)OC(=O)CCCCCCCCCCCCCCC. The molecule has 0 aromatic heterocycles. The maximum atomic E-state index is 12.9. The molecule has 1 heterocycles. The zero-order valence-corrected chi connectivity index (χ0v) is 52.0. The summed E-state index contributed by atoms with van der Waals surface area (Å²) in [6.07, 6.45) is 22.3. The smallest absolute Gasteiger partial charge is 0.462 e. The lowest BCUT2D eigenvalue weighted by Gasteiger charge is -2.42. The minimum absolute atomic E-state index is 0.111. The highest BCUT2D eigenvalue weighted by atomic mass is 31.2. The maximum absolute atomic E-state index is 12.9. The summed E-state index contributed by atoms with van der Waals surface area (Å²) in [5.41, 5.74) is 5.46. The second kappa shape index (κ2) is 47.8. The average molecular weight is 1220 g/mol. The Morgan fingerprint density at radius 1 is 0.619 bits per heavy atom. The lowest BCUT2D eigenvalue weighted by molar-refractivity contribution is -0.261. The van der Waals surface area contributed by atoms with Crippen molar-refractivity contribution >= 4 is 55.2 Å². The van der Waals surface area contributed by atoms with E-state index in [-0.39, 0.29) is 25.8 Å². The van der Waals surface area contributed by atoms with Crippen LogP contribution in [0.25, 0.3) is 0 Å². The van der Waals surface area contributed by atoms with Crippen LogP contribution in [0.1, 0.15) is 227 Å². The predicted molar refractivity (Wildman–Crippen MR) is 313 cm³/mol. The van der Waals surface area contributed by atoms with Gasteiger partial charge >= 0.3 is 19.8 Å². The molecule has 0 bridgehead atoms. The number of rotatable bonds is 52. The van der Waals surface area contributed by atoms with Crippen molar-refractivity contribution in [2.75, 3.05) is 39.6 Å². The molecule has 26 heteroatoms. The van der Waals surface area contributed by atoms with Crippen LogP contribution < -0.4 is 32.3 Å². The third kappa shape index (κ3) is 38.7. The van der Waals surface area contributed by atoms with Gasteiger partial charge in [-0.25, -0.2) is 4.57 Å². The number of nitrogens with two attached hydrogens (primary N) is 1. The number of hydrogen-bond donors (Lipinski definition) is 10.